The molecule has 3 N–H and O–H groups in total. The summed E-state index contributed by atoms with van der Waals surface area (Å²) < 4.78 is 0. The third kappa shape index (κ3) is 8.75. The van der Waals surface area contributed by atoms with Crippen LogP contribution in [0.4, 0.5) is 0 Å². The van der Waals surface area contributed by atoms with Crippen molar-refractivity contribution in [3.05, 3.63) is 0 Å². The van der Waals surface area contributed by atoms with Gasteiger partial charge < -0.3 is 11.1 Å². The number of amides is 1. The zero-order chi connectivity index (χ0) is 11.7. The van der Waals surface area contributed by atoms with Crippen molar-refractivity contribution in [1.82, 2.24) is 5.32 Å². The van der Waals surface area contributed by atoms with Gasteiger partial charge in [0.15, 0.2) is 0 Å². The van der Waals surface area contributed by atoms with Gasteiger partial charge in [0.05, 0.1) is 0 Å². The van der Waals surface area contributed by atoms with Crippen molar-refractivity contribution in [2.24, 2.45) is 5.73 Å². The summed E-state index contributed by atoms with van der Waals surface area (Å²) in [6.45, 7) is 5.01. The molecular formula is C11H24N2OS. The van der Waals surface area contributed by atoms with Crippen molar-refractivity contribution in [2.75, 3.05) is 12.8 Å². The van der Waals surface area contributed by atoms with E-state index in [0.29, 0.717) is 11.7 Å². The molecule has 0 spiro atoms. The second kappa shape index (κ2) is 9.04. The molecule has 1 amide bonds. The Morgan fingerprint density at radius 3 is 2.67 bits per heavy atom. The van der Waals surface area contributed by atoms with Crippen LogP contribution in [0.1, 0.15) is 39.5 Å². The lowest BCUT2D eigenvalue weighted by Crippen LogP contribution is -2.32. The van der Waals surface area contributed by atoms with E-state index in [1.807, 2.05) is 11.8 Å². The standard InChI is InChI=1S/C11H24N2OS/c1-4-5-10(12)8-11(14)13-7-6-9(2)15-3/h9-10H,4-8,12H2,1-3H3,(H,13,14). The molecule has 0 fully saturated rings. The van der Waals surface area contributed by atoms with Gasteiger partial charge in [-0.05, 0) is 19.1 Å². The first-order valence-electron chi connectivity index (χ1n) is 5.65. The fourth-order valence-electron chi connectivity index (χ4n) is 1.32. The van der Waals surface area contributed by atoms with Gasteiger partial charge in [0.25, 0.3) is 0 Å². The lowest BCUT2D eigenvalue weighted by molar-refractivity contribution is -0.121. The Kier molecular flexibility index (Phi) is 8.91. The Morgan fingerprint density at radius 2 is 2.13 bits per heavy atom. The van der Waals surface area contributed by atoms with Crippen LogP contribution < -0.4 is 11.1 Å². The minimum Gasteiger partial charge on any atom is -0.356 e. The highest BCUT2D eigenvalue weighted by molar-refractivity contribution is 7.99. The molecule has 0 bridgehead atoms. The zero-order valence-corrected chi connectivity index (χ0v) is 10.9. The van der Waals surface area contributed by atoms with Crippen LogP contribution in [0, 0.1) is 0 Å². The maximum Gasteiger partial charge on any atom is 0.221 e. The molecule has 0 saturated heterocycles. The molecule has 0 aliphatic rings. The minimum atomic E-state index is 0.0213. The van der Waals surface area contributed by atoms with E-state index < -0.39 is 0 Å². The van der Waals surface area contributed by atoms with Gasteiger partial charge in [0, 0.05) is 24.3 Å². The molecule has 0 aliphatic heterocycles. The highest BCUT2D eigenvalue weighted by atomic mass is 32.2. The topological polar surface area (TPSA) is 55.1 Å². The van der Waals surface area contributed by atoms with E-state index in [-0.39, 0.29) is 11.9 Å². The number of nitrogens with two attached hydrogens (primary N) is 1. The van der Waals surface area contributed by atoms with Crippen molar-refractivity contribution < 1.29 is 4.79 Å². The Bertz CT molecular complexity index is 176. The maximum absolute atomic E-state index is 11.4. The molecule has 0 aromatic heterocycles. The van der Waals surface area contributed by atoms with Gasteiger partial charge in [0.2, 0.25) is 5.91 Å². The highest BCUT2D eigenvalue weighted by Crippen LogP contribution is 2.08. The molecule has 90 valence electrons. The third-order valence-corrected chi connectivity index (χ3v) is 3.42. The molecule has 15 heavy (non-hydrogen) atoms. The van der Waals surface area contributed by atoms with Crippen molar-refractivity contribution in [3.63, 3.8) is 0 Å². The molecule has 0 aliphatic carbocycles. The van der Waals surface area contributed by atoms with E-state index in [1.54, 1.807) is 0 Å². The van der Waals surface area contributed by atoms with Crippen LogP contribution in [0.2, 0.25) is 0 Å². The number of hydrogen-bond donors (Lipinski definition) is 2. The number of carbonyl (C=O) groups is 1. The van der Waals surface area contributed by atoms with Gasteiger partial charge in [-0.15, -0.1) is 0 Å². The average molecular weight is 232 g/mol. The van der Waals surface area contributed by atoms with Crippen molar-refractivity contribution in [3.8, 4) is 0 Å². The van der Waals surface area contributed by atoms with Crippen LogP contribution in [0.3, 0.4) is 0 Å². The Labute approximate surface area is 97.6 Å². The molecule has 0 heterocycles. The quantitative estimate of drug-likeness (QED) is 0.670. The molecule has 0 aromatic carbocycles. The summed E-state index contributed by atoms with van der Waals surface area (Å²) in [5.74, 6) is 0.0873. The molecule has 4 heteroatoms. The van der Waals surface area contributed by atoms with Crippen molar-refractivity contribution in [2.45, 2.75) is 50.8 Å². The number of carbonyl (C=O) groups excluding carboxylic acids is 1. The number of nitrogens with one attached hydrogen (secondary N) is 1. The fourth-order valence-corrected chi connectivity index (χ4v) is 1.67. The summed E-state index contributed by atoms with van der Waals surface area (Å²) in [5, 5.41) is 3.51. The third-order valence-electron chi connectivity index (χ3n) is 2.38. The van der Waals surface area contributed by atoms with Crippen LogP contribution in [-0.4, -0.2) is 30.0 Å². The summed E-state index contributed by atoms with van der Waals surface area (Å²) in [6.07, 6.45) is 5.54. The largest absolute Gasteiger partial charge is 0.356 e. The lowest BCUT2D eigenvalue weighted by atomic mass is 10.1. The fraction of sp³-hybridized carbons (Fsp3) is 0.909. The average Bonchev–Trinajstić information content (AvgIpc) is 2.17. The molecular weight excluding hydrogens is 208 g/mol. The van der Waals surface area contributed by atoms with Crippen LogP contribution in [0.5, 0.6) is 0 Å². The molecule has 0 rings (SSSR count). The molecule has 2 unspecified atom stereocenters. The summed E-state index contributed by atoms with van der Waals surface area (Å²) in [4.78, 5) is 11.4. The van der Waals surface area contributed by atoms with Gasteiger partial charge in [-0.25, -0.2) is 0 Å². The van der Waals surface area contributed by atoms with E-state index >= 15 is 0 Å². The number of hydrogen-bond acceptors (Lipinski definition) is 3. The van der Waals surface area contributed by atoms with Crippen LogP contribution >= 0.6 is 11.8 Å². The summed E-state index contributed by atoms with van der Waals surface area (Å²) in [7, 11) is 0. The monoisotopic (exact) mass is 232 g/mol. The molecule has 0 saturated carbocycles. The molecule has 3 nitrogen and oxygen atoms in total. The van der Waals surface area contributed by atoms with Gasteiger partial charge in [-0.2, -0.15) is 11.8 Å². The van der Waals surface area contributed by atoms with Crippen LogP contribution in [0.25, 0.3) is 0 Å². The van der Waals surface area contributed by atoms with E-state index in [2.05, 4.69) is 25.4 Å². The SMILES string of the molecule is CCCC(N)CC(=O)NCCC(C)SC. The summed E-state index contributed by atoms with van der Waals surface area (Å²) >= 11 is 1.82. The second-order valence-electron chi connectivity index (χ2n) is 3.94. The van der Waals surface area contributed by atoms with Crippen LogP contribution in [0.15, 0.2) is 0 Å². The van der Waals surface area contributed by atoms with E-state index in [1.165, 1.54) is 0 Å². The minimum absolute atomic E-state index is 0.0213. The number of thioether (sulfide) groups is 1. The van der Waals surface area contributed by atoms with Gasteiger partial charge in [-0.3, -0.25) is 4.79 Å². The van der Waals surface area contributed by atoms with Gasteiger partial charge >= 0.3 is 0 Å². The first kappa shape index (κ1) is 14.8. The lowest BCUT2D eigenvalue weighted by Gasteiger charge is -2.12. The predicted octanol–water partition coefficient (Wildman–Crippen LogP) is 1.76. The van der Waals surface area contributed by atoms with Gasteiger partial charge in [0.1, 0.15) is 0 Å². The second-order valence-corrected chi connectivity index (χ2v) is 5.21. The Hall–Kier alpha value is -0.220. The summed E-state index contributed by atoms with van der Waals surface area (Å²) in [5.41, 5.74) is 5.78. The van der Waals surface area contributed by atoms with E-state index in [9.17, 15) is 4.79 Å². The Balaban J connectivity index is 3.48. The zero-order valence-electron chi connectivity index (χ0n) is 10.1. The first-order valence-corrected chi connectivity index (χ1v) is 6.94. The first-order chi connectivity index (χ1) is 7.10. The Morgan fingerprint density at radius 1 is 1.47 bits per heavy atom. The van der Waals surface area contributed by atoms with Crippen molar-refractivity contribution in [1.29, 1.82) is 0 Å². The molecule has 2 atom stereocenters. The van der Waals surface area contributed by atoms with E-state index in [4.69, 9.17) is 5.73 Å². The smallest absolute Gasteiger partial charge is 0.221 e. The highest BCUT2D eigenvalue weighted by Gasteiger charge is 2.08. The summed E-state index contributed by atoms with van der Waals surface area (Å²) in [6, 6.07) is 0.0213. The number of rotatable bonds is 8. The maximum atomic E-state index is 11.4. The van der Waals surface area contributed by atoms with Gasteiger partial charge in [-0.1, -0.05) is 20.3 Å². The van der Waals surface area contributed by atoms with Crippen molar-refractivity contribution >= 4 is 17.7 Å². The molecule has 0 radical (unpaired) electrons. The van der Waals surface area contributed by atoms with E-state index in [0.717, 1.165) is 25.8 Å². The molecule has 0 aromatic rings. The predicted molar refractivity (Wildman–Crippen MR) is 68.1 cm³/mol. The van der Waals surface area contributed by atoms with Crippen LogP contribution in [-0.2, 0) is 4.79 Å². The normalized spacial score (nSPS) is 14.7.